The number of benzene rings is 1. The van der Waals surface area contributed by atoms with Gasteiger partial charge in [-0.2, -0.15) is 0 Å². The minimum Gasteiger partial charge on any atom is -0.0622 e. The van der Waals surface area contributed by atoms with Crippen LogP contribution in [0.15, 0.2) is 74.9 Å². The van der Waals surface area contributed by atoms with Gasteiger partial charge in [0.1, 0.15) is 0 Å². The molecule has 2 aliphatic rings. The molecule has 1 heteroatoms. The van der Waals surface area contributed by atoms with Crippen LogP contribution in [0.4, 0.5) is 0 Å². The van der Waals surface area contributed by atoms with E-state index < -0.39 is 0 Å². The van der Waals surface area contributed by atoms with Crippen molar-refractivity contribution in [2.75, 3.05) is 0 Å². The summed E-state index contributed by atoms with van der Waals surface area (Å²) in [6.07, 6.45) is 0. The molecular formula is C24H31P. The lowest BCUT2D eigenvalue weighted by molar-refractivity contribution is 1.08. The van der Waals surface area contributed by atoms with Gasteiger partial charge >= 0.3 is 0 Å². The highest BCUT2D eigenvalue weighted by molar-refractivity contribution is 7.68. The topological polar surface area (TPSA) is 0 Å². The first-order valence-corrected chi connectivity index (χ1v) is 10.8. The first kappa shape index (κ1) is 18.4. The molecule has 25 heavy (non-hydrogen) atoms. The van der Waals surface area contributed by atoms with E-state index in [2.05, 4.69) is 85.7 Å². The summed E-state index contributed by atoms with van der Waals surface area (Å²) < 4.78 is 0. The predicted molar refractivity (Wildman–Crippen MR) is 114 cm³/mol. The van der Waals surface area contributed by atoms with E-state index in [1.54, 1.807) is 22.3 Å². The van der Waals surface area contributed by atoms with Crippen molar-refractivity contribution in [3.05, 3.63) is 74.9 Å². The Kier molecular flexibility index (Phi) is 4.95. The number of hydrogen-bond donors (Lipinski definition) is 0. The molecule has 0 nitrogen and oxygen atoms in total. The van der Waals surface area contributed by atoms with E-state index in [9.17, 15) is 0 Å². The van der Waals surface area contributed by atoms with Crippen LogP contribution in [0.5, 0.6) is 0 Å². The summed E-state index contributed by atoms with van der Waals surface area (Å²) in [7, 11) is -0.353. The van der Waals surface area contributed by atoms with Gasteiger partial charge < -0.3 is 0 Å². The summed E-state index contributed by atoms with van der Waals surface area (Å²) in [5, 5.41) is 1.54. The monoisotopic (exact) mass is 350 g/mol. The van der Waals surface area contributed by atoms with Gasteiger partial charge in [-0.15, -0.1) is 0 Å². The highest BCUT2D eigenvalue weighted by atomic mass is 31.1. The molecule has 0 aliphatic heterocycles. The molecule has 0 radical (unpaired) electrons. The molecule has 132 valence electrons. The molecule has 0 amide bonds. The van der Waals surface area contributed by atoms with Crippen molar-refractivity contribution in [2.45, 2.75) is 66.7 Å². The maximum atomic E-state index is 2.37. The van der Waals surface area contributed by atoms with Gasteiger partial charge in [-0.05, 0) is 83.0 Å². The molecule has 0 N–H and O–H groups in total. The Morgan fingerprint density at radius 1 is 0.520 bits per heavy atom. The van der Waals surface area contributed by atoms with Crippen LogP contribution in [0.1, 0.15) is 55.4 Å². The Bertz CT molecular complexity index is 730. The van der Waals surface area contributed by atoms with Gasteiger partial charge in [0.2, 0.25) is 0 Å². The molecule has 0 saturated heterocycles. The molecule has 0 spiro atoms. The van der Waals surface area contributed by atoms with E-state index in [0.717, 1.165) is 0 Å². The van der Waals surface area contributed by atoms with Gasteiger partial charge in [0, 0.05) is 11.3 Å². The Hall–Kier alpha value is -1.39. The fraction of sp³-hybridized carbons (Fsp3) is 0.417. The van der Waals surface area contributed by atoms with E-state index in [1.165, 1.54) is 27.6 Å². The lowest BCUT2D eigenvalue weighted by Gasteiger charge is -2.35. The van der Waals surface area contributed by atoms with Crippen molar-refractivity contribution in [2.24, 2.45) is 0 Å². The van der Waals surface area contributed by atoms with Crippen LogP contribution in [-0.4, -0.2) is 11.3 Å². The van der Waals surface area contributed by atoms with E-state index in [1.807, 2.05) is 0 Å². The summed E-state index contributed by atoms with van der Waals surface area (Å²) in [6, 6.07) is 11.3. The third kappa shape index (κ3) is 2.80. The van der Waals surface area contributed by atoms with Crippen LogP contribution >= 0.6 is 7.92 Å². The standard InChI is InChI=1S/C24H31P/c1-14-15(2)19(6)23(18(14)5)25(22-12-10-9-11-13-22)24-20(7)16(3)17(4)21(24)8/h9-13,23-24H,1-8H3. The van der Waals surface area contributed by atoms with Crippen LogP contribution in [0, 0.1) is 0 Å². The van der Waals surface area contributed by atoms with Crippen LogP contribution < -0.4 is 5.30 Å². The molecule has 3 rings (SSSR count). The van der Waals surface area contributed by atoms with Crippen molar-refractivity contribution in [3.63, 3.8) is 0 Å². The summed E-state index contributed by atoms with van der Waals surface area (Å²) in [4.78, 5) is 0. The molecule has 1 aromatic rings. The van der Waals surface area contributed by atoms with Crippen molar-refractivity contribution < 1.29 is 0 Å². The second-order valence-electron chi connectivity index (χ2n) is 7.78. The highest BCUT2D eigenvalue weighted by Crippen LogP contribution is 2.61. The number of allylic oxidation sites excluding steroid dienone is 8. The van der Waals surface area contributed by atoms with Gasteiger partial charge in [0.05, 0.1) is 0 Å². The van der Waals surface area contributed by atoms with E-state index in [-0.39, 0.29) is 7.92 Å². The van der Waals surface area contributed by atoms with Crippen LogP contribution in [-0.2, 0) is 0 Å². The maximum Gasteiger partial charge on any atom is 0.0264 e. The zero-order valence-corrected chi connectivity index (χ0v) is 17.9. The van der Waals surface area contributed by atoms with Gasteiger partial charge in [-0.25, -0.2) is 0 Å². The van der Waals surface area contributed by atoms with Gasteiger partial charge in [0.15, 0.2) is 0 Å². The molecule has 0 fully saturated rings. The van der Waals surface area contributed by atoms with Gasteiger partial charge in [0.25, 0.3) is 0 Å². The zero-order chi connectivity index (χ0) is 18.5. The van der Waals surface area contributed by atoms with Crippen molar-refractivity contribution >= 4 is 13.2 Å². The zero-order valence-electron chi connectivity index (χ0n) is 17.0. The molecule has 0 bridgehead atoms. The number of rotatable bonds is 3. The van der Waals surface area contributed by atoms with Crippen LogP contribution in [0.25, 0.3) is 0 Å². The maximum absolute atomic E-state index is 2.37. The fourth-order valence-electron chi connectivity index (χ4n) is 4.53. The average molecular weight is 350 g/mol. The molecule has 0 aromatic heterocycles. The van der Waals surface area contributed by atoms with Gasteiger partial charge in [-0.1, -0.05) is 60.5 Å². The average Bonchev–Trinajstić information content (AvgIpc) is 2.92. The fourth-order valence-corrected chi connectivity index (χ4v) is 8.39. The molecular weight excluding hydrogens is 319 g/mol. The Morgan fingerprint density at radius 3 is 1.16 bits per heavy atom. The first-order chi connectivity index (χ1) is 11.8. The molecule has 1 aromatic carbocycles. The summed E-state index contributed by atoms with van der Waals surface area (Å²) in [6.45, 7) is 18.7. The third-order valence-electron chi connectivity index (χ3n) is 6.74. The van der Waals surface area contributed by atoms with E-state index >= 15 is 0 Å². The van der Waals surface area contributed by atoms with Crippen LogP contribution in [0.3, 0.4) is 0 Å². The Morgan fingerprint density at radius 2 is 0.840 bits per heavy atom. The van der Waals surface area contributed by atoms with E-state index in [0.29, 0.717) is 11.3 Å². The van der Waals surface area contributed by atoms with E-state index in [4.69, 9.17) is 0 Å². The molecule has 0 atom stereocenters. The third-order valence-corrected chi connectivity index (χ3v) is 10.3. The molecule has 2 aliphatic carbocycles. The number of hydrogen-bond acceptors (Lipinski definition) is 0. The highest BCUT2D eigenvalue weighted by Gasteiger charge is 2.40. The largest absolute Gasteiger partial charge is 0.0622 e. The predicted octanol–water partition coefficient (Wildman–Crippen LogP) is 6.90. The Labute approximate surface area is 155 Å². The van der Waals surface area contributed by atoms with Crippen molar-refractivity contribution in [1.29, 1.82) is 0 Å². The summed E-state index contributed by atoms with van der Waals surface area (Å²) in [5.74, 6) is 0. The van der Waals surface area contributed by atoms with Crippen LogP contribution in [0.2, 0.25) is 0 Å². The first-order valence-electron chi connectivity index (χ1n) is 9.31. The van der Waals surface area contributed by atoms with Crippen molar-refractivity contribution in [3.8, 4) is 0 Å². The Balaban J connectivity index is 2.21. The summed E-state index contributed by atoms with van der Waals surface area (Å²) >= 11 is 0. The lowest BCUT2D eigenvalue weighted by atomic mass is 10.1. The molecule has 0 heterocycles. The minimum absolute atomic E-state index is 0.353. The minimum atomic E-state index is -0.353. The van der Waals surface area contributed by atoms with Gasteiger partial charge in [-0.3, -0.25) is 0 Å². The smallest absolute Gasteiger partial charge is 0.0264 e. The SMILES string of the molecule is CC1=C(C)C(P(c2ccccc2)C2C(C)=C(C)C(C)=C2C)C(C)=C1C. The molecule has 0 unspecified atom stereocenters. The molecule has 0 saturated carbocycles. The second-order valence-corrected chi connectivity index (χ2v) is 10.1. The summed E-state index contributed by atoms with van der Waals surface area (Å²) in [5.41, 5.74) is 13.6. The lowest BCUT2D eigenvalue weighted by Crippen LogP contribution is -2.24. The normalized spacial score (nSPS) is 20.2. The van der Waals surface area contributed by atoms with Crippen molar-refractivity contribution in [1.82, 2.24) is 0 Å². The second kappa shape index (κ2) is 6.73. The quantitative estimate of drug-likeness (QED) is 0.520.